The molecular formula is C9H22N2O2. The van der Waals surface area contributed by atoms with Crippen molar-refractivity contribution in [2.75, 3.05) is 40.9 Å². The minimum Gasteiger partial charge on any atom is -0.389 e. The van der Waals surface area contributed by atoms with Gasteiger partial charge in [0, 0.05) is 26.2 Å². The summed E-state index contributed by atoms with van der Waals surface area (Å²) in [5.74, 6) is 0. The van der Waals surface area contributed by atoms with Crippen molar-refractivity contribution in [3.8, 4) is 0 Å². The first kappa shape index (κ1) is 12.8. The lowest BCUT2D eigenvalue weighted by Gasteiger charge is -2.19. The number of hydrogen-bond donors (Lipinski definition) is 2. The average molecular weight is 190 g/mol. The Morgan fingerprint density at radius 2 is 2.08 bits per heavy atom. The van der Waals surface area contributed by atoms with Crippen molar-refractivity contribution in [2.45, 2.75) is 19.1 Å². The molecule has 0 aliphatic rings. The predicted octanol–water partition coefficient (Wildman–Crippen LogP) is -0.467. The summed E-state index contributed by atoms with van der Waals surface area (Å²) < 4.78 is 4.82. The van der Waals surface area contributed by atoms with Crippen LogP contribution in [0.3, 0.4) is 0 Å². The Morgan fingerprint density at radius 1 is 1.46 bits per heavy atom. The summed E-state index contributed by atoms with van der Waals surface area (Å²) in [6, 6.07) is 0.390. The van der Waals surface area contributed by atoms with Gasteiger partial charge in [0.15, 0.2) is 0 Å². The van der Waals surface area contributed by atoms with Crippen LogP contribution in [0.1, 0.15) is 6.92 Å². The van der Waals surface area contributed by atoms with Gasteiger partial charge in [-0.3, -0.25) is 0 Å². The molecule has 2 atom stereocenters. The SMILES string of the molecule is COCC(O)CNC(C)CN(C)C. The zero-order valence-corrected chi connectivity index (χ0v) is 9.08. The standard InChI is InChI=1S/C9H22N2O2/c1-8(6-11(2)3)10-5-9(12)7-13-4/h8-10,12H,5-7H2,1-4H3. The molecule has 13 heavy (non-hydrogen) atoms. The Kier molecular flexibility index (Phi) is 7.17. The van der Waals surface area contributed by atoms with Gasteiger partial charge in [0.2, 0.25) is 0 Å². The molecule has 4 nitrogen and oxygen atoms in total. The maximum absolute atomic E-state index is 9.33. The van der Waals surface area contributed by atoms with Crippen LogP contribution in [-0.2, 0) is 4.74 Å². The highest BCUT2D eigenvalue weighted by atomic mass is 16.5. The van der Waals surface area contributed by atoms with Crippen molar-refractivity contribution in [3.05, 3.63) is 0 Å². The number of aliphatic hydroxyl groups excluding tert-OH is 1. The van der Waals surface area contributed by atoms with E-state index in [1.165, 1.54) is 0 Å². The van der Waals surface area contributed by atoms with Crippen LogP contribution < -0.4 is 5.32 Å². The van der Waals surface area contributed by atoms with Gasteiger partial charge in [0.25, 0.3) is 0 Å². The number of rotatable bonds is 7. The van der Waals surface area contributed by atoms with Crippen LogP contribution >= 0.6 is 0 Å². The minimum atomic E-state index is -0.408. The highest BCUT2D eigenvalue weighted by molar-refractivity contribution is 4.66. The Hall–Kier alpha value is -0.160. The summed E-state index contributed by atoms with van der Waals surface area (Å²) in [6.07, 6.45) is -0.408. The molecule has 0 saturated carbocycles. The maximum Gasteiger partial charge on any atom is 0.0897 e. The summed E-state index contributed by atoms with van der Waals surface area (Å²) in [7, 11) is 5.65. The van der Waals surface area contributed by atoms with Crippen molar-refractivity contribution < 1.29 is 9.84 Å². The second kappa shape index (κ2) is 7.26. The molecule has 0 rings (SSSR count). The lowest BCUT2D eigenvalue weighted by atomic mass is 10.3. The second-order valence-electron chi connectivity index (χ2n) is 3.68. The van der Waals surface area contributed by atoms with Crippen LogP contribution in [0.15, 0.2) is 0 Å². The number of aliphatic hydroxyl groups is 1. The van der Waals surface area contributed by atoms with Gasteiger partial charge >= 0.3 is 0 Å². The van der Waals surface area contributed by atoms with Crippen molar-refractivity contribution in [1.82, 2.24) is 10.2 Å². The largest absolute Gasteiger partial charge is 0.389 e. The fourth-order valence-electron chi connectivity index (χ4n) is 1.20. The van der Waals surface area contributed by atoms with Crippen LogP contribution in [0.5, 0.6) is 0 Å². The van der Waals surface area contributed by atoms with Gasteiger partial charge in [-0.1, -0.05) is 0 Å². The number of nitrogens with zero attached hydrogens (tertiary/aromatic N) is 1. The van der Waals surface area contributed by atoms with Crippen molar-refractivity contribution in [1.29, 1.82) is 0 Å². The fourth-order valence-corrected chi connectivity index (χ4v) is 1.20. The predicted molar refractivity (Wildman–Crippen MR) is 53.9 cm³/mol. The van der Waals surface area contributed by atoms with E-state index in [4.69, 9.17) is 4.74 Å². The van der Waals surface area contributed by atoms with Gasteiger partial charge in [-0.15, -0.1) is 0 Å². The highest BCUT2D eigenvalue weighted by Crippen LogP contribution is 1.87. The average Bonchev–Trinajstić information content (AvgIpc) is 2.00. The lowest BCUT2D eigenvalue weighted by Crippen LogP contribution is -2.40. The highest BCUT2D eigenvalue weighted by Gasteiger charge is 2.06. The molecule has 0 bridgehead atoms. The first-order valence-electron chi connectivity index (χ1n) is 4.61. The summed E-state index contributed by atoms with van der Waals surface area (Å²) >= 11 is 0. The first-order chi connectivity index (χ1) is 6.06. The summed E-state index contributed by atoms with van der Waals surface area (Å²) in [6.45, 7) is 4.05. The van der Waals surface area contributed by atoms with Crippen LogP contribution in [-0.4, -0.2) is 63.1 Å². The third-order valence-corrected chi connectivity index (χ3v) is 1.70. The van der Waals surface area contributed by atoms with E-state index in [0.717, 1.165) is 6.54 Å². The molecule has 0 heterocycles. The van der Waals surface area contributed by atoms with E-state index in [1.807, 2.05) is 14.1 Å². The van der Waals surface area contributed by atoms with Gasteiger partial charge in [0.1, 0.15) is 0 Å². The number of hydrogen-bond acceptors (Lipinski definition) is 4. The van der Waals surface area contributed by atoms with Gasteiger partial charge < -0.3 is 20.1 Å². The van der Waals surface area contributed by atoms with Crippen molar-refractivity contribution >= 4 is 0 Å². The van der Waals surface area contributed by atoms with Crippen LogP contribution in [0, 0.1) is 0 Å². The maximum atomic E-state index is 9.33. The molecule has 0 radical (unpaired) electrons. The van der Waals surface area contributed by atoms with Gasteiger partial charge in [-0.25, -0.2) is 0 Å². The minimum absolute atomic E-state index is 0.390. The Morgan fingerprint density at radius 3 is 2.54 bits per heavy atom. The number of ether oxygens (including phenoxy) is 1. The lowest BCUT2D eigenvalue weighted by molar-refractivity contribution is 0.0625. The Bertz CT molecular complexity index is 120. The molecule has 2 N–H and O–H groups in total. The molecule has 4 heteroatoms. The van der Waals surface area contributed by atoms with E-state index >= 15 is 0 Å². The molecular weight excluding hydrogens is 168 g/mol. The zero-order chi connectivity index (χ0) is 10.3. The molecule has 0 amide bonds. The van der Waals surface area contributed by atoms with Gasteiger partial charge in [-0.2, -0.15) is 0 Å². The first-order valence-corrected chi connectivity index (χ1v) is 4.61. The van der Waals surface area contributed by atoms with E-state index in [2.05, 4.69) is 17.1 Å². The zero-order valence-electron chi connectivity index (χ0n) is 9.08. The van der Waals surface area contributed by atoms with Gasteiger partial charge in [-0.05, 0) is 21.0 Å². The monoisotopic (exact) mass is 190 g/mol. The van der Waals surface area contributed by atoms with Crippen LogP contribution in [0.25, 0.3) is 0 Å². The molecule has 0 aromatic rings. The normalized spacial score (nSPS) is 16.2. The fraction of sp³-hybridized carbons (Fsp3) is 1.00. The number of methoxy groups -OCH3 is 1. The molecule has 0 aromatic heterocycles. The molecule has 0 spiro atoms. The van der Waals surface area contributed by atoms with E-state index in [-0.39, 0.29) is 0 Å². The van der Waals surface area contributed by atoms with Crippen molar-refractivity contribution in [3.63, 3.8) is 0 Å². The third kappa shape index (κ3) is 8.18. The van der Waals surface area contributed by atoms with Crippen LogP contribution in [0.2, 0.25) is 0 Å². The molecule has 80 valence electrons. The van der Waals surface area contributed by atoms with E-state index < -0.39 is 6.10 Å². The van der Waals surface area contributed by atoms with Crippen LogP contribution in [0.4, 0.5) is 0 Å². The summed E-state index contributed by atoms with van der Waals surface area (Å²) in [5.41, 5.74) is 0. The topological polar surface area (TPSA) is 44.7 Å². The van der Waals surface area contributed by atoms with E-state index in [0.29, 0.717) is 19.2 Å². The number of likely N-dealkylation sites (N-methyl/N-ethyl adjacent to an activating group) is 1. The smallest absolute Gasteiger partial charge is 0.0897 e. The number of nitrogens with one attached hydrogen (secondary N) is 1. The van der Waals surface area contributed by atoms with E-state index in [1.54, 1.807) is 7.11 Å². The summed E-state index contributed by atoms with van der Waals surface area (Å²) in [4.78, 5) is 2.11. The van der Waals surface area contributed by atoms with Gasteiger partial charge in [0.05, 0.1) is 12.7 Å². The molecule has 2 unspecified atom stereocenters. The third-order valence-electron chi connectivity index (χ3n) is 1.70. The Labute approximate surface area is 80.9 Å². The summed E-state index contributed by atoms with van der Waals surface area (Å²) in [5, 5.41) is 12.6. The Balaban J connectivity index is 3.40. The molecule has 0 saturated heterocycles. The molecule has 0 aliphatic carbocycles. The second-order valence-corrected chi connectivity index (χ2v) is 3.68. The molecule has 0 aromatic carbocycles. The molecule has 0 fully saturated rings. The van der Waals surface area contributed by atoms with Crippen molar-refractivity contribution in [2.24, 2.45) is 0 Å². The van der Waals surface area contributed by atoms with E-state index in [9.17, 15) is 5.11 Å². The quantitative estimate of drug-likeness (QED) is 0.570. The molecule has 0 aliphatic heterocycles.